The normalized spacial score (nSPS) is 12.7. The van der Waals surface area contributed by atoms with Gasteiger partial charge in [-0.15, -0.1) is 5.10 Å². The van der Waals surface area contributed by atoms with Gasteiger partial charge in [0, 0.05) is 24.1 Å². The Labute approximate surface area is 108 Å². The Balaban J connectivity index is 2.14. The van der Waals surface area contributed by atoms with E-state index < -0.39 is 6.10 Å². The summed E-state index contributed by atoms with van der Waals surface area (Å²) < 4.78 is 2.64. The molecule has 90 valence electrons. The quantitative estimate of drug-likeness (QED) is 0.944. The van der Waals surface area contributed by atoms with Gasteiger partial charge in [-0.3, -0.25) is 4.68 Å². The molecule has 0 spiro atoms. The maximum Gasteiger partial charge on any atom is 0.0856 e. The second-order valence-corrected chi connectivity index (χ2v) is 4.97. The van der Waals surface area contributed by atoms with E-state index in [2.05, 4.69) is 26.2 Å². The third kappa shape index (κ3) is 2.92. The van der Waals surface area contributed by atoms with Gasteiger partial charge in [-0.2, -0.15) is 0 Å². The molecule has 1 heterocycles. The molecule has 0 amide bonds. The summed E-state index contributed by atoms with van der Waals surface area (Å²) in [5.41, 5.74) is 2.82. The maximum absolute atomic E-state index is 10.1. The number of aliphatic hydroxyl groups is 1. The molecule has 17 heavy (non-hydrogen) atoms. The number of hydrogen-bond donors (Lipinski definition) is 1. The fourth-order valence-electron chi connectivity index (χ4n) is 1.62. The molecule has 2 rings (SSSR count). The Kier molecular flexibility index (Phi) is 3.59. The van der Waals surface area contributed by atoms with Gasteiger partial charge in [0.2, 0.25) is 0 Å². The minimum atomic E-state index is -0.552. The van der Waals surface area contributed by atoms with E-state index >= 15 is 0 Å². The van der Waals surface area contributed by atoms with Crippen molar-refractivity contribution in [3.8, 4) is 0 Å². The van der Waals surface area contributed by atoms with Gasteiger partial charge in [0.05, 0.1) is 11.8 Å². The zero-order valence-corrected chi connectivity index (χ0v) is 11.3. The fourth-order valence-corrected chi connectivity index (χ4v) is 2.02. The van der Waals surface area contributed by atoms with Crippen LogP contribution in [0.5, 0.6) is 0 Å². The van der Waals surface area contributed by atoms with E-state index in [1.54, 1.807) is 4.68 Å². The third-order valence-electron chi connectivity index (χ3n) is 2.63. The van der Waals surface area contributed by atoms with Gasteiger partial charge in [-0.05, 0) is 24.1 Å². The van der Waals surface area contributed by atoms with Crippen molar-refractivity contribution in [3.63, 3.8) is 0 Å². The predicted octanol–water partition coefficient (Wildman–Crippen LogP) is 2.16. The molecule has 0 aliphatic rings. The van der Waals surface area contributed by atoms with E-state index in [0.29, 0.717) is 6.42 Å². The largest absolute Gasteiger partial charge is 0.388 e. The van der Waals surface area contributed by atoms with Crippen molar-refractivity contribution in [2.45, 2.75) is 19.4 Å². The smallest absolute Gasteiger partial charge is 0.0856 e. The number of aryl methyl sites for hydroxylation is 2. The summed E-state index contributed by atoms with van der Waals surface area (Å²) in [6, 6.07) is 5.86. The Morgan fingerprint density at radius 2 is 2.24 bits per heavy atom. The summed E-state index contributed by atoms with van der Waals surface area (Å²) in [4.78, 5) is 0. The van der Waals surface area contributed by atoms with Gasteiger partial charge in [0.25, 0.3) is 0 Å². The first-order chi connectivity index (χ1) is 8.06. The summed E-state index contributed by atoms with van der Waals surface area (Å²) in [7, 11) is 1.81. The van der Waals surface area contributed by atoms with Gasteiger partial charge in [0.15, 0.2) is 0 Å². The molecule has 0 saturated heterocycles. The number of halogens is 1. The highest BCUT2D eigenvalue weighted by molar-refractivity contribution is 9.10. The van der Waals surface area contributed by atoms with Crippen LogP contribution in [0.3, 0.4) is 0 Å². The lowest BCUT2D eigenvalue weighted by molar-refractivity contribution is 0.177. The molecule has 5 heteroatoms. The van der Waals surface area contributed by atoms with Crippen LogP contribution in [0.15, 0.2) is 28.9 Å². The standard InChI is InChI=1S/C12H14BrN3O/c1-8-3-4-9(5-11(8)13)12(17)6-10-7-16(2)15-14-10/h3-5,7,12,17H,6H2,1-2H3. The molecular weight excluding hydrogens is 282 g/mol. The van der Waals surface area contributed by atoms with Gasteiger partial charge < -0.3 is 5.11 Å². The van der Waals surface area contributed by atoms with Crippen LogP contribution < -0.4 is 0 Å². The highest BCUT2D eigenvalue weighted by atomic mass is 79.9. The van der Waals surface area contributed by atoms with Crippen molar-refractivity contribution < 1.29 is 5.11 Å². The summed E-state index contributed by atoms with van der Waals surface area (Å²) in [5, 5.41) is 17.9. The molecule has 0 saturated carbocycles. The summed E-state index contributed by atoms with van der Waals surface area (Å²) in [6.07, 6.45) is 1.74. The lowest BCUT2D eigenvalue weighted by Crippen LogP contribution is -2.02. The molecule has 1 aromatic heterocycles. The fraction of sp³-hybridized carbons (Fsp3) is 0.333. The highest BCUT2D eigenvalue weighted by Gasteiger charge is 2.11. The van der Waals surface area contributed by atoms with Crippen molar-refractivity contribution in [1.82, 2.24) is 15.0 Å². The average molecular weight is 296 g/mol. The SMILES string of the molecule is Cc1ccc(C(O)Cc2cn(C)nn2)cc1Br. The van der Waals surface area contributed by atoms with Gasteiger partial charge in [-0.1, -0.05) is 33.3 Å². The van der Waals surface area contributed by atoms with Crippen molar-refractivity contribution >= 4 is 15.9 Å². The first kappa shape index (κ1) is 12.3. The van der Waals surface area contributed by atoms with Crippen molar-refractivity contribution in [2.24, 2.45) is 7.05 Å². The zero-order valence-electron chi connectivity index (χ0n) is 9.76. The minimum Gasteiger partial charge on any atom is -0.388 e. The molecule has 0 bridgehead atoms. The Bertz CT molecular complexity index is 524. The molecule has 1 atom stereocenters. The van der Waals surface area contributed by atoms with Crippen molar-refractivity contribution in [1.29, 1.82) is 0 Å². The van der Waals surface area contributed by atoms with Crippen molar-refractivity contribution in [2.75, 3.05) is 0 Å². The molecule has 1 unspecified atom stereocenters. The molecule has 0 aliphatic heterocycles. The second kappa shape index (κ2) is 4.98. The monoisotopic (exact) mass is 295 g/mol. The van der Waals surface area contributed by atoms with Crippen LogP contribution in [-0.2, 0) is 13.5 Å². The lowest BCUT2D eigenvalue weighted by atomic mass is 10.0. The predicted molar refractivity (Wildman–Crippen MR) is 68.5 cm³/mol. The number of benzene rings is 1. The molecular formula is C12H14BrN3O. The topological polar surface area (TPSA) is 50.9 Å². The maximum atomic E-state index is 10.1. The van der Waals surface area contributed by atoms with Crippen LogP contribution in [0.25, 0.3) is 0 Å². The van der Waals surface area contributed by atoms with Crippen LogP contribution in [0.4, 0.5) is 0 Å². The van der Waals surface area contributed by atoms with Crippen LogP contribution in [0.2, 0.25) is 0 Å². The van der Waals surface area contributed by atoms with Gasteiger partial charge in [-0.25, -0.2) is 0 Å². The Morgan fingerprint density at radius 1 is 1.47 bits per heavy atom. The third-order valence-corrected chi connectivity index (χ3v) is 3.49. The molecule has 0 radical (unpaired) electrons. The number of hydrogen-bond acceptors (Lipinski definition) is 3. The number of rotatable bonds is 3. The van der Waals surface area contributed by atoms with Gasteiger partial charge >= 0.3 is 0 Å². The highest BCUT2D eigenvalue weighted by Crippen LogP contribution is 2.23. The second-order valence-electron chi connectivity index (χ2n) is 4.11. The molecule has 1 aromatic carbocycles. The van der Waals surface area contributed by atoms with E-state index in [4.69, 9.17) is 0 Å². The van der Waals surface area contributed by atoms with Crippen molar-refractivity contribution in [3.05, 3.63) is 45.7 Å². The molecule has 4 nitrogen and oxygen atoms in total. The lowest BCUT2D eigenvalue weighted by Gasteiger charge is -2.10. The summed E-state index contributed by atoms with van der Waals surface area (Å²) in [5.74, 6) is 0. The first-order valence-electron chi connectivity index (χ1n) is 5.35. The van der Waals surface area contributed by atoms with E-state index in [-0.39, 0.29) is 0 Å². The van der Waals surface area contributed by atoms with Crippen LogP contribution >= 0.6 is 15.9 Å². The van der Waals surface area contributed by atoms with E-state index in [0.717, 1.165) is 21.3 Å². The Hall–Kier alpha value is -1.20. The number of aliphatic hydroxyl groups excluding tert-OH is 1. The van der Waals surface area contributed by atoms with E-state index in [1.807, 2.05) is 38.4 Å². The number of nitrogens with zero attached hydrogens (tertiary/aromatic N) is 3. The minimum absolute atomic E-state index is 0.476. The zero-order chi connectivity index (χ0) is 12.4. The van der Waals surface area contributed by atoms with Crippen LogP contribution in [-0.4, -0.2) is 20.1 Å². The molecule has 0 fully saturated rings. The summed E-state index contributed by atoms with van der Waals surface area (Å²) in [6.45, 7) is 2.02. The molecule has 2 aromatic rings. The van der Waals surface area contributed by atoms with Crippen LogP contribution in [0.1, 0.15) is 22.9 Å². The molecule has 0 aliphatic carbocycles. The average Bonchev–Trinajstić information content (AvgIpc) is 2.68. The summed E-state index contributed by atoms with van der Waals surface area (Å²) >= 11 is 3.46. The van der Waals surface area contributed by atoms with E-state index in [9.17, 15) is 5.11 Å². The van der Waals surface area contributed by atoms with Gasteiger partial charge in [0.1, 0.15) is 0 Å². The Morgan fingerprint density at radius 3 is 2.82 bits per heavy atom. The van der Waals surface area contributed by atoms with Crippen LogP contribution in [0, 0.1) is 6.92 Å². The molecule has 1 N–H and O–H groups in total. The van der Waals surface area contributed by atoms with E-state index in [1.165, 1.54) is 0 Å². The first-order valence-corrected chi connectivity index (χ1v) is 6.15. The number of aromatic nitrogens is 3.